The highest BCUT2D eigenvalue weighted by Gasteiger charge is 2.63. The number of aliphatic hydroxyl groups is 2. The first kappa shape index (κ1) is 24.1. The van der Waals surface area contributed by atoms with E-state index in [0.29, 0.717) is 23.7 Å². The van der Waals surface area contributed by atoms with Gasteiger partial charge < -0.3 is 15.1 Å². The van der Waals surface area contributed by atoms with E-state index in [1.54, 1.807) is 0 Å². The Labute approximate surface area is 201 Å². The van der Waals surface area contributed by atoms with E-state index in [1.165, 1.54) is 38.5 Å². The summed E-state index contributed by atoms with van der Waals surface area (Å²) in [6.45, 7) is 10.8. The number of carbonyl (C=O) groups is 1. The molecule has 1 aliphatic heterocycles. The number of rotatable bonds is 3. The van der Waals surface area contributed by atoms with Crippen LogP contribution in [0.2, 0.25) is 0 Å². The smallest absolute Gasteiger partial charge is 0.222 e. The van der Waals surface area contributed by atoms with Crippen LogP contribution in [-0.4, -0.2) is 45.8 Å². The fourth-order valence-corrected chi connectivity index (χ4v) is 10.4. The number of likely N-dealkylation sites (tertiary alicyclic amines) is 1. The number of fused-ring (bicyclic) bond motifs is 5. The normalized spacial score (nSPS) is 49.5. The molecule has 188 valence electrons. The molecule has 1 amide bonds. The Morgan fingerprint density at radius 3 is 2.48 bits per heavy atom. The molecule has 10 atom stereocenters. The van der Waals surface area contributed by atoms with Gasteiger partial charge in [0.2, 0.25) is 5.91 Å². The molecule has 4 saturated carbocycles. The van der Waals surface area contributed by atoms with Gasteiger partial charge in [-0.3, -0.25) is 4.79 Å². The first-order valence-corrected chi connectivity index (χ1v) is 14.3. The van der Waals surface area contributed by atoms with Gasteiger partial charge in [0.05, 0.1) is 11.7 Å². The van der Waals surface area contributed by atoms with Crippen LogP contribution in [0, 0.1) is 46.3 Å². The van der Waals surface area contributed by atoms with E-state index in [2.05, 4.69) is 20.8 Å². The van der Waals surface area contributed by atoms with Crippen molar-refractivity contribution < 1.29 is 15.0 Å². The van der Waals surface area contributed by atoms with E-state index in [-0.39, 0.29) is 23.3 Å². The minimum atomic E-state index is -0.695. The summed E-state index contributed by atoms with van der Waals surface area (Å²) in [5.41, 5.74) is -0.0629. The molecule has 33 heavy (non-hydrogen) atoms. The molecular weight excluding hydrogens is 410 g/mol. The van der Waals surface area contributed by atoms with Gasteiger partial charge in [-0.05, 0) is 118 Å². The van der Waals surface area contributed by atoms with Crippen LogP contribution in [0.3, 0.4) is 0 Å². The third-order valence-corrected chi connectivity index (χ3v) is 12.2. The van der Waals surface area contributed by atoms with Gasteiger partial charge in [-0.1, -0.05) is 20.8 Å². The Hall–Kier alpha value is -0.610. The highest BCUT2D eigenvalue weighted by atomic mass is 16.3. The van der Waals surface area contributed by atoms with Crippen LogP contribution < -0.4 is 0 Å². The maximum absolute atomic E-state index is 12.4. The van der Waals surface area contributed by atoms with Gasteiger partial charge in [0.1, 0.15) is 0 Å². The Bertz CT molecular complexity index is 751. The summed E-state index contributed by atoms with van der Waals surface area (Å²) in [7, 11) is 0. The summed E-state index contributed by atoms with van der Waals surface area (Å²) < 4.78 is 0. The Morgan fingerprint density at radius 1 is 1.00 bits per heavy atom. The van der Waals surface area contributed by atoms with Crippen LogP contribution >= 0.6 is 0 Å². The topological polar surface area (TPSA) is 60.8 Å². The average molecular weight is 460 g/mol. The average Bonchev–Trinajstić information content (AvgIpc) is 3.17. The molecule has 1 heterocycles. The van der Waals surface area contributed by atoms with E-state index < -0.39 is 5.60 Å². The molecule has 1 saturated heterocycles. The van der Waals surface area contributed by atoms with Crippen LogP contribution in [0.15, 0.2) is 0 Å². The lowest BCUT2D eigenvalue weighted by atomic mass is 9.44. The first-order chi connectivity index (χ1) is 15.6. The quantitative estimate of drug-likeness (QED) is 0.593. The van der Waals surface area contributed by atoms with Gasteiger partial charge in [-0.15, -0.1) is 0 Å². The Kier molecular flexibility index (Phi) is 6.21. The molecule has 0 aromatic heterocycles. The number of aliphatic hydroxyl groups excluding tert-OH is 1. The van der Waals surface area contributed by atoms with Crippen LogP contribution in [0.5, 0.6) is 0 Å². The van der Waals surface area contributed by atoms with Crippen molar-refractivity contribution in [2.45, 2.75) is 116 Å². The SMILES string of the molecule is CCC(=O)N1CCCC(C(C)(O)[C@H]2CC[C@H]3[C@@H]4CCC5C[C@@H](O)CC[C@]5(C)[C@H]4CC[C@]23C)C1. The molecule has 0 spiro atoms. The van der Waals surface area contributed by atoms with E-state index in [4.69, 9.17) is 0 Å². The van der Waals surface area contributed by atoms with Crippen molar-refractivity contribution in [2.75, 3.05) is 13.1 Å². The molecule has 0 radical (unpaired) electrons. The van der Waals surface area contributed by atoms with E-state index in [1.807, 2.05) is 11.8 Å². The minimum absolute atomic E-state index is 0.0749. The van der Waals surface area contributed by atoms with Crippen LogP contribution in [0.1, 0.15) is 105 Å². The number of carbonyl (C=O) groups excluding carboxylic acids is 1. The standard InChI is InChI=1S/C29H49NO3/c1-5-26(32)30-16-6-7-20(18-30)29(4,33)25-11-10-23-22-9-8-19-17-21(31)12-14-27(19,2)24(22)13-15-28(23,25)3/h19-25,31,33H,5-18H2,1-4H3/t19?,20?,21-,22-,23-,24-,25-,27-,28-,29?/m0/s1. The monoisotopic (exact) mass is 459 g/mol. The molecular formula is C29H49NO3. The Balaban J connectivity index is 1.35. The molecule has 5 aliphatic rings. The molecule has 0 aromatic rings. The predicted molar refractivity (Wildman–Crippen MR) is 131 cm³/mol. The van der Waals surface area contributed by atoms with Gasteiger partial charge >= 0.3 is 0 Å². The number of hydrogen-bond acceptors (Lipinski definition) is 3. The maximum atomic E-state index is 12.4. The molecule has 5 rings (SSSR count). The van der Waals surface area contributed by atoms with Crippen molar-refractivity contribution >= 4 is 5.91 Å². The zero-order valence-corrected chi connectivity index (χ0v) is 21.7. The molecule has 5 fully saturated rings. The highest BCUT2D eigenvalue weighted by molar-refractivity contribution is 5.75. The second-order valence-corrected chi connectivity index (χ2v) is 13.5. The van der Waals surface area contributed by atoms with Gasteiger partial charge in [-0.25, -0.2) is 0 Å². The lowest BCUT2D eigenvalue weighted by Crippen LogP contribution is -2.58. The molecule has 4 aliphatic carbocycles. The lowest BCUT2D eigenvalue weighted by molar-refractivity contribution is -0.160. The molecule has 4 heteroatoms. The first-order valence-electron chi connectivity index (χ1n) is 14.3. The Morgan fingerprint density at radius 2 is 1.73 bits per heavy atom. The number of piperidine rings is 1. The van der Waals surface area contributed by atoms with Crippen LogP contribution in [-0.2, 0) is 4.79 Å². The van der Waals surface area contributed by atoms with Gasteiger partial charge in [-0.2, -0.15) is 0 Å². The van der Waals surface area contributed by atoms with Crippen molar-refractivity contribution in [3.63, 3.8) is 0 Å². The summed E-state index contributed by atoms with van der Waals surface area (Å²) in [6, 6.07) is 0. The van der Waals surface area contributed by atoms with Crippen LogP contribution in [0.4, 0.5) is 0 Å². The minimum Gasteiger partial charge on any atom is -0.393 e. The van der Waals surface area contributed by atoms with Gasteiger partial charge in [0.15, 0.2) is 0 Å². The molecule has 0 aromatic carbocycles. The third kappa shape index (κ3) is 3.72. The fourth-order valence-electron chi connectivity index (χ4n) is 10.4. The number of nitrogens with zero attached hydrogens (tertiary/aromatic N) is 1. The maximum Gasteiger partial charge on any atom is 0.222 e. The summed E-state index contributed by atoms with van der Waals surface area (Å²) in [6.07, 6.45) is 13.4. The van der Waals surface area contributed by atoms with Crippen molar-refractivity contribution in [3.8, 4) is 0 Å². The summed E-state index contributed by atoms with van der Waals surface area (Å²) in [5.74, 6) is 3.83. The second-order valence-electron chi connectivity index (χ2n) is 13.5. The zero-order chi connectivity index (χ0) is 23.6. The van der Waals surface area contributed by atoms with Crippen molar-refractivity contribution in [1.82, 2.24) is 4.90 Å². The molecule has 0 bridgehead atoms. The molecule has 2 N–H and O–H groups in total. The molecule has 3 unspecified atom stereocenters. The van der Waals surface area contributed by atoms with E-state index in [9.17, 15) is 15.0 Å². The van der Waals surface area contributed by atoms with E-state index >= 15 is 0 Å². The number of amides is 1. The van der Waals surface area contributed by atoms with Crippen molar-refractivity contribution in [1.29, 1.82) is 0 Å². The highest BCUT2D eigenvalue weighted by Crippen LogP contribution is 2.69. The van der Waals surface area contributed by atoms with Crippen molar-refractivity contribution in [3.05, 3.63) is 0 Å². The number of hydrogen-bond donors (Lipinski definition) is 2. The van der Waals surface area contributed by atoms with Gasteiger partial charge in [0.25, 0.3) is 0 Å². The summed E-state index contributed by atoms with van der Waals surface area (Å²) in [5, 5.41) is 22.4. The molecule has 4 nitrogen and oxygen atoms in total. The fraction of sp³-hybridized carbons (Fsp3) is 0.966. The largest absolute Gasteiger partial charge is 0.393 e. The zero-order valence-electron chi connectivity index (χ0n) is 21.7. The van der Waals surface area contributed by atoms with Crippen LogP contribution in [0.25, 0.3) is 0 Å². The predicted octanol–water partition coefficient (Wildman–Crippen LogP) is 5.41. The van der Waals surface area contributed by atoms with Crippen molar-refractivity contribution in [2.24, 2.45) is 46.3 Å². The summed E-state index contributed by atoms with van der Waals surface area (Å²) >= 11 is 0. The summed E-state index contributed by atoms with van der Waals surface area (Å²) in [4.78, 5) is 14.4. The van der Waals surface area contributed by atoms with E-state index in [0.717, 1.165) is 62.9 Å². The lowest BCUT2D eigenvalue weighted by Gasteiger charge is -2.62. The second kappa shape index (κ2) is 8.50. The third-order valence-electron chi connectivity index (χ3n) is 12.2. The van der Waals surface area contributed by atoms with Gasteiger partial charge in [0, 0.05) is 25.4 Å².